The Labute approximate surface area is 93.0 Å². The van der Waals surface area contributed by atoms with Gasteiger partial charge in [-0.2, -0.15) is 0 Å². The van der Waals surface area contributed by atoms with Crippen LogP contribution < -0.4 is 10.6 Å². The van der Waals surface area contributed by atoms with Crippen molar-refractivity contribution < 1.29 is 4.79 Å². The van der Waals surface area contributed by atoms with Crippen LogP contribution in [-0.2, 0) is 4.79 Å². The molecule has 3 nitrogen and oxygen atoms in total. The quantitative estimate of drug-likeness (QED) is 0.703. The monoisotopic (exact) mass is 212 g/mol. The summed E-state index contributed by atoms with van der Waals surface area (Å²) in [6, 6.07) is 0.921. The third kappa shape index (κ3) is 4.20. The van der Waals surface area contributed by atoms with E-state index in [0.717, 1.165) is 18.9 Å². The van der Waals surface area contributed by atoms with Crippen molar-refractivity contribution in [3.63, 3.8) is 0 Å². The predicted octanol–water partition coefficient (Wildman–Crippen LogP) is 1.68. The van der Waals surface area contributed by atoms with Crippen molar-refractivity contribution in [2.24, 2.45) is 5.92 Å². The highest BCUT2D eigenvalue weighted by Crippen LogP contribution is 2.13. The third-order valence-electron chi connectivity index (χ3n) is 3.33. The van der Waals surface area contributed by atoms with Gasteiger partial charge in [0.1, 0.15) is 0 Å². The fourth-order valence-electron chi connectivity index (χ4n) is 2.06. The van der Waals surface area contributed by atoms with E-state index >= 15 is 0 Å². The van der Waals surface area contributed by atoms with Crippen LogP contribution in [-0.4, -0.2) is 24.5 Å². The van der Waals surface area contributed by atoms with Gasteiger partial charge in [-0.1, -0.05) is 27.2 Å². The van der Waals surface area contributed by atoms with E-state index in [2.05, 4.69) is 31.4 Å². The van der Waals surface area contributed by atoms with E-state index in [1.54, 1.807) is 0 Å². The molecule has 1 amide bonds. The van der Waals surface area contributed by atoms with Crippen molar-refractivity contribution in [2.45, 2.75) is 58.5 Å². The topological polar surface area (TPSA) is 41.1 Å². The second-order valence-electron chi connectivity index (χ2n) is 4.73. The lowest BCUT2D eigenvalue weighted by Gasteiger charge is -2.23. The molecule has 0 saturated carbocycles. The van der Waals surface area contributed by atoms with E-state index in [4.69, 9.17) is 0 Å². The van der Waals surface area contributed by atoms with E-state index in [-0.39, 0.29) is 5.91 Å². The maximum atomic E-state index is 11.1. The van der Waals surface area contributed by atoms with Crippen LogP contribution in [0.15, 0.2) is 0 Å². The van der Waals surface area contributed by atoms with Gasteiger partial charge in [0.2, 0.25) is 5.91 Å². The van der Waals surface area contributed by atoms with Crippen molar-refractivity contribution in [1.29, 1.82) is 0 Å². The van der Waals surface area contributed by atoms with Gasteiger partial charge < -0.3 is 10.6 Å². The minimum atomic E-state index is 0.186. The zero-order valence-electron chi connectivity index (χ0n) is 10.2. The Morgan fingerprint density at radius 3 is 2.67 bits per heavy atom. The Balaban J connectivity index is 2.29. The zero-order valence-corrected chi connectivity index (χ0v) is 10.2. The molecule has 1 heterocycles. The number of carbonyl (C=O) groups is 1. The second-order valence-corrected chi connectivity index (χ2v) is 4.73. The number of hydrogen-bond donors (Lipinski definition) is 2. The summed E-state index contributed by atoms with van der Waals surface area (Å²) >= 11 is 0. The number of hydrogen-bond acceptors (Lipinski definition) is 2. The van der Waals surface area contributed by atoms with Gasteiger partial charge in [0, 0.05) is 25.0 Å². The second kappa shape index (κ2) is 6.11. The molecule has 88 valence electrons. The van der Waals surface area contributed by atoms with Crippen molar-refractivity contribution in [3.05, 3.63) is 0 Å². The van der Waals surface area contributed by atoms with Crippen LogP contribution in [0.5, 0.6) is 0 Å². The molecule has 15 heavy (non-hydrogen) atoms. The highest BCUT2D eigenvalue weighted by atomic mass is 16.1. The number of nitrogens with one attached hydrogen (secondary N) is 2. The molecule has 0 aromatic carbocycles. The van der Waals surface area contributed by atoms with Gasteiger partial charge in [-0.3, -0.25) is 4.79 Å². The lowest BCUT2D eigenvalue weighted by Crippen LogP contribution is -2.40. The first-order chi connectivity index (χ1) is 7.15. The number of rotatable bonds is 6. The van der Waals surface area contributed by atoms with E-state index in [9.17, 15) is 4.79 Å². The molecule has 1 aliphatic heterocycles. The molecule has 3 heteroatoms. The first-order valence-electron chi connectivity index (χ1n) is 6.18. The molecular weight excluding hydrogens is 188 g/mol. The predicted molar refractivity (Wildman–Crippen MR) is 62.7 cm³/mol. The van der Waals surface area contributed by atoms with Gasteiger partial charge in [0.05, 0.1) is 0 Å². The van der Waals surface area contributed by atoms with Crippen LogP contribution in [0.1, 0.15) is 46.5 Å². The molecular formula is C12H24N2O. The normalized spacial score (nSPS) is 25.0. The molecule has 0 aromatic heterocycles. The molecule has 1 fully saturated rings. The van der Waals surface area contributed by atoms with E-state index in [1.807, 2.05) is 0 Å². The summed E-state index contributed by atoms with van der Waals surface area (Å²) in [7, 11) is 0. The molecule has 3 atom stereocenters. The molecule has 2 N–H and O–H groups in total. The minimum Gasteiger partial charge on any atom is -0.354 e. The van der Waals surface area contributed by atoms with Crippen molar-refractivity contribution in [2.75, 3.05) is 6.54 Å². The highest BCUT2D eigenvalue weighted by Gasteiger charge is 2.23. The van der Waals surface area contributed by atoms with Crippen molar-refractivity contribution in [1.82, 2.24) is 10.6 Å². The van der Waals surface area contributed by atoms with Crippen LogP contribution in [0.4, 0.5) is 0 Å². The lowest BCUT2D eigenvalue weighted by molar-refractivity contribution is -0.119. The standard InChI is InChI=1S/C12H24N2O/c1-4-9(3)6-10(5-2)14-11-7-12(15)13-8-11/h9-11,14H,4-8H2,1-3H3,(H,13,15). The Kier molecular flexibility index (Phi) is 5.09. The van der Waals surface area contributed by atoms with Crippen LogP contribution in [0.3, 0.4) is 0 Å². The minimum absolute atomic E-state index is 0.186. The van der Waals surface area contributed by atoms with Crippen molar-refractivity contribution in [3.8, 4) is 0 Å². The summed E-state index contributed by atoms with van der Waals surface area (Å²) in [6.45, 7) is 7.54. The maximum absolute atomic E-state index is 11.1. The molecule has 3 unspecified atom stereocenters. The van der Waals surface area contributed by atoms with Gasteiger partial charge in [-0.15, -0.1) is 0 Å². The van der Waals surface area contributed by atoms with Gasteiger partial charge in [-0.05, 0) is 18.8 Å². The highest BCUT2D eigenvalue weighted by molar-refractivity contribution is 5.78. The number of carbonyl (C=O) groups excluding carboxylic acids is 1. The van der Waals surface area contributed by atoms with Gasteiger partial charge in [0.25, 0.3) is 0 Å². The average molecular weight is 212 g/mol. The molecule has 1 rings (SSSR count). The largest absolute Gasteiger partial charge is 0.354 e. The molecule has 0 radical (unpaired) electrons. The Morgan fingerprint density at radius 1 is 1.47 bits per heavy atom. The molecule has 1 aliphatic rings. The van der Waals surface area contributed by atoms with Gasteiger partial charge >= 0.3 is 0 Å². The Hall–Kier alpha value is -0.570. The van der Waals surface area contributed by atoms with Crippen LogP contribution in [0.25, 0.3) is 0 Å². The Bertz CT molecular complexity index is 206. The summed E-state index contributed by atoms with van der Waals surface area (Å²) in [5.41, 5.74) is 0. The van der Waals surface area contributed by atoms with E-state index in [0.29, 0.717) is 18.5 Å². The average Bonchev–Trinajstić information content (AvgIpc) is 2.62. The van der Waals surface area contributed by atoms with Crippen LogP contribution in [0.2, 0.25) is 0 Å². The fraction of sp³-hybridized carbons (Fsp3) is 0.917. The SMILES string of the molecule is CCC(C)CC(CC)NC1CNC(=O)C1. The smallest absolute Gasteiger partial charge is 0.221 e. The van der Waals surface area contributed by atoms with Gasteiger partial charge in [0.15, 0.2) is 0 Å². The Morgan fingerprint density at radius 2 is 2.20 bits per heavy atom. The maximum Gasteiger partial charge on any atom is 0.221 e. The molecule has 0 aliphatic carbocycles. The van der Waals surface area contributed by atoms with E-state index < -0.39 is 0 Å². The summed E-state index contributed by atoms with van der Waals surface area (Å²) in [6.07, 6.45) is 4.25. The van der Waals surface area contributed by atoms with Gasteiger partial charge in [-0.25, -0.2) is 0 Å². The lowest BCUT2D eigenvalue weighted by atomic mass is 9.97. The van der Waals surface area contributed by atoms with Crippen LogP contribution in [0, 0.1) is 5.92 Å². The molecule has 0 aromatic rings. The molecule has 0 spiro atoms. The molecule has 1 saturated heterocycles. The number of amides is 1. The first kappa shape index (κ1) is 12.5. The van der Waals surface area contributed by atoms with Crippen molar-refractivity contribution >= 4 is 5.91 Å². The summed E-state index contributed by atoms with van der Waals surface area (Å²) in [5, 5.41) is 6.44. The first-order valence-corrected chi connectivity index (χ1v) is 6.18. The summed E-state index contributed by atoms with van der Waals surface area (Å²) in [4.78, 5) is 11.1. The van der Waals surface area contributed by atoms with Crippen LogP contribution >= 0.6 is 0 Å². The zero-order chi connectivity index (χ0) is 11.3. The van der Waals surface area contributed by atoms with E-state index in [1.165, 1.54) is 12.8 Å². The third-order valence-corrected chi connectivity index (χ3v) is 3.33. The molecule has 0 bridgehead atoms. The summed E-state index contributed by atoms with van der Waals surface area (Å²) in [5.74, 6) is 0.957. The summed E-state index contributed by atoms with van der Waals surface area (Å²) < 4.78 is 0. The fourth-order valence-corrected chi connectivity index (χ4v) is 2.06.